The molecule has 0 unspecified atom stereocenters. The summed E-state index contributed by atoms with van der Waals surface area (Å²) in [5, 5.41) is 3.12. The van der Waals surface area contributed by atoms with Gasteiger partial charge in [0.1, 0.15) is 5.82 Å². The minimum Gasteiger partial charge on any atom is -0.313 e. The van der Waals surface area contributed by atoms with Gasteiger partial charge in [-0.05, 0) is 44.2 Å². The number of nitrogens with one attached hydrogen (secondary N) is 1. The molecule has 0 amide bonds. The van der Waals surface area contributed by atoms with Crippen LogP contribution < -0.4 is 5.32 Å². The van der Waals surface area contributed by atoms with Crippen LogP contribution in [0.1, 0.15) is 24.1 Å². The van der Waals surface area contributed by atoms with Crippen molar-refractivity contribution in [2.75, 3.05) is 7.05 Å². The van der Waals surface area contributed by atoms with Crippen LogP contribution in [-0.4, -0.2) is 7.05 Å². The van der Waals surface area contributed by atoms with Crippen molar-refractivity contribution in [1.82, 2.24) is 5.32 Å². The van der Waals surface area contributed by atoms with Crippen molar-refractivity contribution in [1.29, 1.82) is 0 Å². The van der Waals surface area contributed by atoms with Crippen molar-refractivity contribution < 1.29 is 4.39 Å². The van der Waals surface area contributed by atoms with Gasteiger partial charge < -0.3 is 5.32 Å². The van der Waals surface area contributed by atoms with Gasteiger partial charge in [-0.2, -0.15) is 0 Å². The van der Waals surface area contributed by atoms with Gasteiger partial charge >= 0.3 is 0 Å². The van der Waals surface area contributed by atoms with Crippen LogP contribution in [0.5, 0.6) is 0 Å². The molecule has 2 heteroatoms. The molecule has 0 spiro atoms. The summed E-state index contributed by atoms with van der Waals surface area (Å²) in [7, 11) is 1.90. The first-order chi connectivity index (χ1) is 5.65. The molecule has 0 radical (unpaired) electrons. The number of hydrogen-bond donors (Lipinski definition) is 1. The average Bonchev–Trinajstić information content (AvgIpc) is 2.03. The third-order valence-electron chi connectivity index (χ3n) is 2.13. The minimum atomic E-state index is -0.167. The Bertz CT molecular complexity index is 271. The van der Waals surface area contributed by atoms with Gasteiger partial charge in [-0.25, -0.2) is 4.39 Å². The molecular formula is C10H14FN. The zero-order valence-electron chi connectivity index (χ0n) is 7.69. The molecule has 0 saturated carbocycles. The molecule has 1 N–H and O–H groups in total. The number of hydrogen-bond acceptors (Lipinski definition) is 1. The third kappa shape index (κ3) is 1.83. The van der Waals surface area contributed by atoms with Gasteiger partial charge in [0.05, 0.1) is 0 Å². The van der Waals surface area contributed by atoms with Crippen LogP contribution in [0.3, 0.4) is 0 Å². The van der Waals surface area contributed by atoms with Gasteiger partial charge in [-0.3, -0.25) is 0 Å². The van der Waals surface area contributed by atoms with E-state index >= 15 is 0 Å². The Balaban J connectivity index is 3.01. The van der Waals surface area contributed by atoms with Gasteiger partial charge in [-0.1, -0.05) is 6.07 Å². The molecule has 0 aliphatic rings. The van der Waals surface area contributed by atoms with Crippen molar-refractivity contribution in [2.45, 2.75) is 19.9 Å². The third-order valence-corrected chi connectivity index (χ3v) is 2.13. The largest absolute Gasteiger partial charge is 0.313 e. The molecule has 1 atom stereocenters. The molecule has 0 saturated heterocycles. The summed E-state index contributed by atoms with van der Waals surface area (Å²) in [5.41, 5.74) is 2.15. The zero-order chi connectivity index (χ0) is 9.14. The number of benzene rings is 1. The highest BCUT2D eigenvalue weighted by Gasteiger charge is 2.05. The molecule has 0 bridgehead atoms. The van der Waals surface area contributed by atoms with Crippen LogP contribution >= 0.6 is 0 Å². The molecule has 66 valence electrons. The fraction of sp³-hybridized carbons (Fsp3) is 0.400. The van der Waals surface area contributed by atoms with E-state index in [9.17, 15) is 4.39 Å². The summed E-state index contributed by atoms with van der Waals surface area (Å²) in [6.07, 6.45) is 0. The fourth-order valence-corrected chi connectivity index (χ4v) is 1.28. The second-order valence-electron chi connectivity index (χ2n) is 3.01. The molecule has 0 aliphatic heterocycles. The molecule has 0 aromatic heterocycles. The Hall–Kier alpha value is -0.890. The minimum absolute atomic E-state index is 0.167. The number of aryl methyl sites for hydroxylation is 1. The summed E-state index contributed by atoms with van der Waals surface area (Å²) >= 11 is 0. The first-order valence-corrected chi connectivity index (χ1v) is 4.08. The normalized spacial score (nSPS) is 13.0. The molecule has 1 nitrogen and oxygen atoms in total. The van der Waals surface area contributed by atoms with Crippen molar-refractivity contribution in [3.8, 4) is 0 Å². The van der Waals surface area contributed by atoms with Gasteiger partial charge in [0, 0.05) is 6.04 Å². The topological polar surface area (TPSA) is 12.0 Å². The maximum Gasteiger partial charge on any atom is 0.123 e. The molecule has 0 fully saturated rings. The van der Waals surface area contributed by atoms with Crippen LogP contribution in [0.25, 0.3) is 0 Å². The van der Waals surface area contributed by atoms with Crippen LogP contribution in [0.15, 0.2) is 18.2 Å². The lowest BCUT2D eigenvalue weighted by Gasteiger charge is -2.13. The first kappa shape index (κ1) is 9.20. The molecule has 0 heterocycles. The quantitative estimate of drug-likeness (QED) is 0.713. The Morgan fingerprint density at radius 1 is 1.42 bits per heavy atom. The van der Waals surface area contributed by atoms with Gasteiger partial charge in [0.2, 0.25) is 0 Å². The van der Waals surface area contributed by atoms with E-state index in [1.807, 2.05) is 20.0 Å². The van der Waals surface area contributed by atoms with Crippen molar-refractivity contribution in [3.05, 3.63) is 35.1 Å². The fourth-order valence-electron chi connectivity index (χ4n) is 1.28. The van der Waals surface area contributed by atoms with E-state index in [1.54, 1.807) is 6.07 Å². The summed E-state index contributed by atoms with van der Waals surface area (Å²) in [4.78, 5) is 0. The number of halogens is 1. The van der Waals surface area contributed by atoms with E-state index < -0.39 is 0 Å². The lowest BCUT2D eigenvalue weighted by Crippen LogP contribution is -2.13. The van der Waals surface area contributed by atoms with Crippen LogP contribution in [0.2, 0.25) is 0 Å². The van der Waals surface area contributed by atoms with E-state index in [2.05, 4.69) is 12.2 Å². The Kier molecular flexibility index (Phi) is 2.82. The average molecular weight is 167 g/mol. The Morgan fingerprint density at radius 3 is 2.58 bits per heavy atom. The lowest BCUT2D eigenvalue weighted by molar-refractivity contribution is 0.615. The molecular weight excluding hydrogens is 153 g/mol. The molecule has 1 aromatic rings. The van der Waals surface area contributed by atoms with Crippen molar-refractivity contribution in [3.63, 3.8) is 0 Å². The van der Waals surface area contributed by atoms with E-state index in [1.165, 1.54) is 6.07 Å². The van der Waals surface area contributed by atoms with Crippen molar-refractivity contribution >= 4 is 0 Å². The maximum atomic E-state index is 12.7. The Morgan fingerprint density at radius 2 is 2.08 bits per heavy atom. The van der Waals surface area contributed by atoms with E-state index in [0.717, 1.165) is 11.1 Å². The highest BCUT2D eigenvalue weighted by molar-refractivity contribution is 5.28. The van der Waals surface area contributed by atoms with Crippen LogP contribution in [0, 0.1) is 12.7 Å². The maximum absolute atomic E-state index is 12.7. The van der Waals surface area contributed by atoms with Crippen LogP contribution in [-0.2, 0) is 0 Å². The van der Waals surface area contributed by atoms with E-state index in [4.69, 9.17) is 0 Å². The number of rotatable bonds is 2. The monoisotopic (exact) mass is 167 g/mol. The van der Waals surface area contributed by atoms with Gasteiger partial charge in [0.15, 0.2) is 0 Å². The molecule has 1 aromatic carbocycles. The second kappa shape index (κ2) is 3.68. The van der Waals surface area contributed by atoms with Crippen molar-refractivity contribution in [2.24, 2.45) is 0 Å². The lowest BCUT2D eigenvalue weighted by atomic mass is 10.0. The van der Waals surface area contributed by atoms with Gasteiger partial charge in [-0.15, -0.1) is 0 Å². The molecule has 1 rings (SSSR count). The molecule has 0 aliphatic carbocycles. The second-order valence-corrected chi connectivity index (χ2v) is 3.01. The highest BCUT2D eigenvalue weighted by Crippen LogP contribution is 2.17. The summed E-state index contributed by atoms with van der Waals surface area (Å²) < 4.78 is 12.7. The zero-order valence-corrected chi connectivity index (χ0v) is 7.69. The smallest absolute Gasteiger partial charge is 0.123 e. The molecule has 12 heavy (non-hydrogen) atoms. The predicted molar refractivity (Wildman–Crippen MR) is 48.6 cm³/mol. The Labute approximate surface area is 72.6 Å². The standard InChI is InChI=1S/C10H14FN/c1-7-6-9(11)4-5-10(7)8(2)12-3/h4-6,8,12H,1-3H3/t8-/m1/s1. The first-order valence-electron chi connectivity index (χ1n) is 4.08. The van der Waals surface area contributed by atoms with Gasteiger partial charge in [0.25, 0.3) is 0 Å². The summed E-state index contributed by atoms with van der Waals surface area (Å²) in [6, 6.07) is 5.16. The summed E-state index contributed by atoms with van der Waals surface area (Å²) in [5.74, 6) is -0.167. The van der Waals surface area contributed by atoms with E-state index in [0.29, 0.717) is 0 Å². The SMILES string of the molecule is CN[C@H](C)c1ccc(F)cc1C. The predicted octanol–water partition coefficient (Wildman–Crippen LogP) is 2.41. The summed E-state index contributed by atoms with van der Waals surface area (Å²) in [6.45, 7) is 3.98. The van der Waals surface area contributed by atoms with E-state index in [-0.39, 0.29) is 11.9 Å². The van der Waals surface area contributed by atoms with Crippen LogP contribution in [0.4, 0.5) is 4.39 Å². The highest BCUT2D eigenvalue weighted by atomic mass is 19.1.